The van der Waals surface area contributed by atoms with Crippen molar-refractivity contribution in [2.45, 2.75) is 46.1 Å². The van der Waals surface area contributed by atoms with Crippen molar-refractivity contribution in [2.75, 3.05) is 0 Å². The largest absolute Gasteiger partial charge is 0.446 e. The monoisotopic (exact) mass is 260 g/mol. The molecule has 0 aromatic heterocycles. The molecule has 0 amide bonds. The molecule has 0 aromatic carbocycles. The first-order valence-electron chi connectivity index (χ1n) is 6.57. The van der Waals surface area contributed by atoms with Crippen molar-refractivity contribution in [3.63, 3.8) is 0 Å². The van der Waals surface area contributed by atoms with Crippen LogP contribution in [0.2, 0.25) is 0 Å². The maximum absolute atomic E-state index is 11.5. The number of ketones is 1. The third-order valence-electron chi connectivity index (χ3n) is 2.83. The van der Waals surface area contributed by atoms with E-state index < -0.39 is 12.1 Å². The fraction of sp³-hybridized carbons (Fsp3) is 0.500. The molecule has 0 fully saturated rings. The minimum Gasteiger partial charge on any atom is -0.446 e. The summed E-state index contributed by atoms with van der Waals surface area (Å²) in [6.45, 7) is 5.22. The SMILES string of the molecule is CC(=O)C#C[C@@H](C)OC(=O)/C=C/C1=CCCC(C)C1. The van der Waals surface area contributed by atoms with Gasteiger partial charge in [-0.15, -0.1) is 0 Å². The molecule has 0 aliphatic heterocycles. The predicted molar refractivity (Wildman–Crippen MR) is 74.2 cm³/mol. The second kappa shape index (κ2) is 7.58. The molecule has 0 N–H and O–H groups in total. The zero-order valence-corrected chi connectivity index (χ0v) is 11.7. The molecule has 0 heterocycles. The summed E-state index contributed by atoms with van der Waals surface area (Å²) in [7, 11) is 0. The lowest BCUT2D eigenvalue weighted by Gasteiger charge is -2.16. The summed E-state index contributed by atoms with van der Waals surface area (Å²) in [6, 6.07) is 0. The average molecular weight is 260 g/mol. The third kappa shape index (κ3) is 6.61. The molecular weight excluding hydrogens is 240 g/mol. The van der Waals surface area contributed by atoms with Gasteiger partial charge in [-0.3, -0.25) is 4.79 Å². The summed E-state index contributed by atoms with van der Waals surface area (Å²) in [4.78, 5) is 22.2. The van der Waals surface area contributed by atoms with Crippen molar-refractivity contribution >= 4 is 11.8 Å². The Hall–Kier alpha value is -1.82. The van der Waals surface area contributed by atoms with E-state index in [0.717, 1.165) is 12.8 Å². The number of esters is 1. The van der Waals surface area contributed by atoms with Crippen molar-refractivity contribution < 1.29 is 14.3 Å². The van der Waals surface area contributed by atoms with Crippen LogP contribution in [-0.2, 0) is 14.3 Å². The van der Waals surface area contributed by atoms with Crippen LogP contribution in [0.4, 0.5) is 0 Å². The molecule has 0 bridgehead atoms. The second-order valence-electron chi connectivity index (χ2n) is 4.90. The summed E-state index contributed by atoms with van der Waals surface area (Å²) in [6.07, 6.45) is 8.10. The Bertz CT molecular complexity index is 460. The van der Waals surface area contributed by atoms with Crippen LogP contribution in [0.5, 0.6) is 0 Å². The number of carbonyl (C=O) groups is 2. The molecule has 0 saturated carbocycles. The zero-order valence-electron chi connectivity index (χ0n) is 11.7. The lowest BCUT2D eigenvalue weighted by Crippen LogP contribution is -2.11. The molecule has 0 saturated heterocycles. The Kier molecular flexibility index (Phi) is 6.08. The number of rotatable bonds is 3. The van der Waals surface area contributed by atoms with E-state index >= 15 is 0 Å². The van der Waals surface area contributed by atoms with Gasteiger partial charge in [0.05, 0.1) is 0 Å². The molecule has 19 heavy (non-hydrogen) atoms. The Balaban J connectivity index is 2.45. The number of hydrogen-bond donors (Lipinski definition) is 0. The first kappa shape index (κ1) is 15.2. The molecule has 3 nitrogen and oxygen atoms in total. The molecule has 0 radical (unpaired) electrons. The Morgan fingerprint density at radius 2 is 2.26 bits per heavy atom. The summed E-state index contributed by atoms with van der Waals surface area (Å²) < 4.78 is 5.04. The van der Waals surface area contributed by atoms with E-state index in [9.17, 15) is 9.59 Å². The van der Waals surface area contributed by atoms with Crippen LogP contribution in [0.1, 0.15) is 40.0 Å². The van der Waals surface area contributed by atoms with E-state index in [0.29, 0.717) is 5.92 Å². The van der Waals surface area contributed by atoms with Gasteiger partial charge in [0.25, 0.3) is 0 Å². The first-order valence-corrected chi connectivity index (χ1v) is 6.57. The van der Waals surface area contributed by atoms with Gasteiger partial charge in [-0.05, 0) is 38.0 Å². The summed E-state index contributed by atoms with van der Waals surface area (Å²) in [5.74, 6) is 4.93. The zero-order chi connectivity index (χ0) is 14.3. The third-order valence-corrected chi connectivity index (χ3v) is 2.83. The van der Waals surface area contributed by atoms with Crippen LogP contribution in [0, 0.1) is 17.8 Å². The van der Waals surface area contributed by atoms with Gasteiger partial charge in [-0.1, -0.05) is 30.6 Å². The van der Waals surface area contributed by atoms with E-state index in [1.54, 1.807) is 6.92 Å². The van der Waals surface area contributed by atoms with Crippen molar-refractivity contribution in [3.05, 3.63) is 23.8 Å². The van der Waals surface area contributed by atoms with Gasteiger partial charge >= 0.3 is 5.97 Å². The van der Waals surface area contributed by atoms with Crippen LogP contribution in [0.3, 0.4) is 0 Å². The molecule has 0 aromatic rings. The highest BCUT2D eigenvalue weighted by Crippen LogP contribution is 2.23. The van der Waals surface area contributed by atoms with Gasteiger partial charge in [0.15, 0.2) is 6.10 Å². The van der Waals surface area contributed by atoms with E-state index in [2.05, 4.69) is 24.8 Å². The number of hydrogen-bond acceptors (Lipinski definition) is 3. The fourth-order valence-electron chi connectivity index (χ4n) is 1.90. The van der Waals surface area contributed by atoms with Crippen LogP contribution in [-0.4, -0.2) is 17.9 Å². The lowest BCUT2D eigenvalue weighted by atomic mass is 9.90. The molecule has 1 aliphatic rings. The minimum atomic E-state index is -0.569. The quantitative estimate of drug-likeness (QED) is 0.339. The van der Waals surface area contributed by atoms with E-state index in [1.165, 1.54) is 25.0 Å². The van der Waals surface area contributed by atoms with Gasteiger partial charge in [-0.25, -0.2) is 4.79 Å². The highest BCUT2D eigenvalue weighted by Gasteiger charge is 2.09. The normalized spacial score (nSPS) is 20.2. The standard InChI is InChI=1S/C16H20O3/c1-12-5-4-6-15(11-12)9-10-16(18)19-14(3)8-7-13(2)17/h6,9-10,12,14H,4-5,11H2,1-3H3/b10-9+/t12?,14-/m1/s1. The van der Waals surface area contributed by atoms with E-state index in [-0.39, 0.29) is 5.78 Å². The highest BCUT2D eigenvalue weighted by molar-refractivity contribution is 5.93. The first-order chi connectivity index (χ1) is 8.97. The Labute approximate surface area is 114 Å². The van der Waals surface area contributed by atoms with E-state index in [4.69, 9.17) is 4.74 Å². The van der Waals surface area contributed by atoms with E-state index in [1.807, 2.05) is 6.08 Å². The van der Waals surface area contributed by atoms with Crippen LogP contribution in [0.25, 0.3) is 0 Å². The maximum Gasteiger partial charge on any atom is 0.331 e. The summed E-state index contributed by atoms with van der Waals surface area (Å²) in [5, 5.41) is 0. The minimum absolute atomic E-state index is 0.236. The van der Waals surface area contributed by atoms with Crippen molar-refractivity contribution in [1.29, 1.82) is 0 Å². The van der Waals surface area contributed by atoms with Gasteiger partial charge in [0.1, 0.15) is 0 Å². The van der Waals surface area contributed by atoms with Gasteiger partial charge in [0, 0.05) is 13.0 Å². The lowest BCUT2D eigenvalue weighted by molar-refractivity contribution is -0.139. The van der Waals surface area contributed by atoms with Gasteiger partial charge in [-0.2, -0.15) is 0 Å². The predicted octanol–water partition coefficient (Wildman–Crippen LogP) is 2.81. The molecule has 0 spiro atoms. The van der Waals surface area contributed by atoms with Crippen LogP contribution in [0.15, 0.2) is 23.8 Å². The number of ether oxygens (including phenoxy) is 1. The molecular formula is C16H20O3. The molecule has 1 aliphatic carbocycles. The molecule has 1 unspecified atom stereocenters. The van der Waals surface area contributed by atoms with Crippen LogP contribution >= 0.6 is 0 Å². The van der Waals surface area contributed by atoms with Crippen molar-refractivity contribution in [1.82, 2.24) is 0 Å². The van der Waals surface area contributed by atoms with Crippen molar-refractivity contribution in [3.8, 4) is 11.8 Å². The van der Waals surface area contributed by atoms with Crippen molar-refractivity contribution in [2.24, 2.45) is 5.92 Å². The highest BCUT2D eigenvalue weighted by atomic mass is 16.5. The Morgan fingerprint density at radius 3 is 2.89 bits per heavy atom. The molecule has 2 atom stereocenters. The number of Topliss-reactive ketones (excluding diaryl/α,β-unsaturated/α-hetero) is 1. The summed E-state index contributed by atoms with van der Waals surface area (Å²) >= 11 is 0. The fourth-order valence-corrected chi connectivity index (χ4v) is 1.90. The summed E-state index contributed by atoms with van der Waals surface area (Å²) in [5.41, 5.74) is 1.18. The molecule has 3 heteroatoms. The van der Waals surface area contributed by atoms with Gasteiger partial charge in [0.2, 0.25) is 5.78 Å². The van der Waals surface area contributed by atoms with Gasteiger partial charge < -0.3 is 4.74 Å². The van der Waals surface area contributed by atoms with Crippen LogP contribution < -0.4 is 0 Å². The topological polar surface area (TPSA) is 43.4 Å². The Morgan fingerprint density at radius 1 is 1.53 bits per heavy atom. The maximum atomic E-state index is 11.5. The smallest absolute Gasteiger partial charge is 0.331 e. The number of allylic oxidation sites excluding steroid dienone is 3. The second-order valence-corrected chi connectivity index (χ2v) is 4.90. The molecule has 1 rings (SSSR count). The average Bonchev–Trinajstić information content (AvgIpc) is 2.34. The molecule has 102 valence electrons. The number of carbonyl (C=O) groups excluding carboxylic acids is 2.